The maximum absolute atomic E-state index is 10.7. The van der Waals surface area contributed by atoms with Gasteiger partial charge in [-0.2, -0.15) is 0 Å². The van der Waals surface area contributed by atoms with Crippen LogP contribution in [0.15, 0.2) is 52.7 Å². The van der Waals surface area contributed by atoms with Crippen molar-refractivity contribution in [3.8, 4) is 5.75 Å². The Bertz CT molecular complexity index is 842. The molecule has 7 nitrogen and oxygen atoms in total. The Morgan fingerprint density at radius 2 is 1.90 bits per heavy atom. The molecule has 0 saturated carbocycles. The van der Waals surface area contributed by atoms with Crippen LogP contribution in [-0.4, -0.2) is 15.0 Å². The normalized spacial score (nSPS) is 11.2. The molecule has 0 radical (unpaired) electrons. The number of nitro groups is 1. The number of non-ortho nitro benzene ring substituents is 1. The van der Waals surface area contributed by atoms with E-state index in [0.717, 1.165) is 0 Å². The van der Waals surface area contributed by atoms with Gasteiger partial charge in [0, 0.05) is 12.1 Å². The molecule has 8 heteroatoms. The predicted octanol–water partition coefficient (Wildman–Crippen LogP) is 4.33. The fourth-order valence-electron chi connectivity index (χ4n) is 1.68. The number of azo groups is 1. The molecule has 0 aliphatic rings. The lowest BCUT2D eigenvalue weighted by atomic mass is 10.3. The molecule has 2 aromatic carbocycles. The third-order valence-electron chi connectivity index (χ3n) is 2.67. The summed E-state index contributed by atoms with van der Waals surface area (Å²) in [5, 5.41) is 28.3. The van der Waals surface area contributed by atoms with Crippen LogP contribution < -0.4 is 0 Å². The Kier molecular flexibility index (Phi) is 3.28. The fraction of sp³-hybridized carbons (Fsp3) is 0. The highest BCUT2D eigenvalue weighted by Crippen LogP contribution is 2.31. The van der Waals surface area contributed by atoms with Crippen LogP contribution in [-0.2, 0) is 0 Å². The van der Waals surface area contributed by atoms with Gasteiger partial charge in [-0.1, -0.05) is 11.3 Å². The van der Waals surface area contributed by atoms with Gasteiger partial charge in [0.25, 0.3) is 5.69 Å². The first-order valence-electron chi connectivity index (χ1n) is 5.87. The van der Waals surface area contributed by atoms with E-state index in [4.69, 9.17) is 0 Å². The SMILES string of the molecule is O=[N+]([O-])c1ccc2nc(N=Nc3ccc(O)cc3)sc2c1. The third kappa shape index (κ3) is 2.84. The van der Waals surface area contributed by atoms with Crippen LogP contribution in [0.2, 0.25) is 0 Å². The number of hydrogen-bond donors (Lipinski definition) is 1. The summed E-state index contributed by atoms with van der Waals surface area (Å²) < 4.78 is 0.684. The number of fused-ring (bicyclic) bond motifs is 1. The number of rotatable bonds is 3. The van der Waals surface area contributed by atoms with E-state index in [1.54, 1.807) is 18.2 Å². The molecule has 1 aromatic heterocycles. The van der Waals surface area contributed by atoms with Crippen LogP contribution in [0.3, 0.4) is 0 Å². The van der Waals surface area contributed by atoms with E-state index in [2.05, 4.69) is 15.2 Å². The van der Waals surface area contributed by atoms with Gasteiger partial charge in [-0.25, -0.2) is 4.98 Å². The molecule has 1 heterocycles. The van der Waals surface area contributed by atoms with Crippen molar-refractivity contribution >= 4 is 38.1 Å². The van der Waals surface area contributed by atoms with Gasteiger partial charge >= 0.3 is 0 Å². The Labute approximate surface area is 122 Å². The number of thiazole rings is 1. The minimum Gasteiger partial charge on any atom is -0.508 e. The van der Waals surface area contributed by atoms with Crippen molar-refractivity contribution < 1.29 is 10.0 Å². The molecule has 0 atom stereocenters. The maximum atomic E-state index is 10.7. The second-order valence-electron chi connectivity index (χ2n) is 4.12. The summed E-state index contributed by atoms with van der Waals surface area (Å²) >= 11 is 1.23. The minimum absolute atomic E-state index is 0.0215. The molecule has 104 valence electrons. The molecular weight excluding hydrogens is 292 g/mol. The smallest absolute Gasteiger partial charge is 0.270 e. The van der Waals surface area contributed by atoms with Crippen LogP contribution >= 0.6 is 11.3 Å². The summed E-state index contributed by atoms with van der Waals surface area (Å²) in [5.41, 5.74) is 1.25. The van der Waals surface area contributed by atoms with E-state index in [-0.39, 0.29) is 11.4 Å². The third-order valence-corrected chi connectivity index (χ3v) is 3.57. The molecule has 0 bridgehead atoms. The molecule has 0 aliphatic carbocycles. The standard InChI is InChI=1S/C13H8N4O3S/c18-10-4-1-8(2-5-10)15-16-13-14-11-6-3-9(17(19)20)7-12(11)21-13/h1-7,18H. The quantitative estimate of drug-likeness (QED) is 0.442. The number of phenols is 1. The summed E-state index contributed by atoms with van der Waals surface area (Å²) in [4.78, 5) is 14.5. The van der Waals surface area contributed by atoms with Gasteiger partial charge in [0.05, 0.1) is 20.8 Å². The summed E-state index contributed by atoms with van der Waals surface area (Å²) in [5.74, 6) is 0.154. The second kappa shape index (κ2) is 5.25. The number of aromatic hydroxyl groups is 1. The first-order valence-corrected chi connectivity index (χ1v) is 6.69. The van der Waals surface area contributed by atoms with Crippen molar-refractivity contribution in [2.45, 2.75) is 0 Å². The molecule has 0 saturated heterocycles. The number of phenolic OH excluding ortho intramolecular Hbond substituents is 1. The van der Waals surface area contributed by atoms with Crippen molar-refractivity contribution in [2.24, 2.45) is 10.2 Å². The Morgan fingerprint density at radius 1 is 1.14 bits per heavy atom. The highest BCUT2D eigenvalue weighted by Gasteiger charge is 2.09. The monoisotopic (exact) mass is 300 g/mol. The minimum atomic E-state index is -0.448. The number of benzene rings is 2. The number of nitro benzene ring substituents is 1. The van der Waals surface area contributed by atoms with Crippen LogP contribution in [0.5, 0.6) is 5.75 Å². The molecule has 0 unspecified atom stereocenters. The average molecular weight is 300 g/mol. The molecular formula is C13H8N4O3S. The summed E-state index contributed by atoms with van der Waals surface area (Å²) in [6.07, 6.45) is 0. The van der Waals surface area contributed by atoms with Gasteiger partial charge in [-0.05, 0) is 30.3 Å². The van der Waals surface area contributed by atoms with Crippen molar-refractivity contribution in [3.05, 3.63) is 52.6 Å². The lowest BCUT2D eigenvalue weighted by Crippen LogP contribution is -1.85. The Morgan fingerprint density at radius 3 is 2.62 bits per heavy atom. The lowest BCUT2D eigenvalue weighted by Gasteiger charge is -1.91. The molecule has 21 heavy (non-hydrogen) atoms. The highest BCUT2D eigenvalue weighted by molar-refractivity contribution is 7.21. The predicted molar refractivity (Wildman–Crippen MR) is 78.6 cm³/mol. The molecule has 0 fully saturated rings. The van der Waals surface area contributed by atoms with Gasteiger partial charge in [0.2, 0.25) is 5.13 Å². The van der Waals surface area contributed by atoms with E-state index in [1.807, 2.05) is 0 Å². The van der Waals surface area contributed by atoms with E-state index >= 15 is 0 Å². The fourth-order valence-corrected chi connectivity index (χ4v) is 2.50. The molecule has 0 spiro atoms. The van der Waals surface area contributed by atoms with Gasteiger partial charge in [0.15, 0.2) is 0 Å². The molecule has 0 amide bonds. The van der Waals surface area contributed by atoms with E-state index in [9.17, 15) is 15.2 Å². The first-order chi connectivity index (χ1) is 10.1. The topological polar surface area (TPSA) is 101 Å². The largest absolute Gasteiger partial charge is 0.508 e. The highest BCUT2D eigenvalue weighted by atomic mass is 32.1. The van der Waals surface area contributed by atoms with Crippen molar-refractivity contribution in [3.63, 3.8) is 0 Å². The Hall–Kier alpha value is -2.87. The van der Waals surface area contributed by atoms with E-state index < -0.39 is 4.92 Å². The summed E-state index contributed by atoms with van der Waals surface area (Å²) in [7, 11) is 0. The number of hydrogen-bond acceptors (Lipinski definition) is 7. The summed E-state index contributed by atoms with van der Waals surface area (Å²) in [6.45, 7) is 0. The van der Waals surface area contributed by atoms with Gasteiger partial charge in [-0.15, -0.1) is 10.2 Å². The zero-order chi connectivity index (χ0) is 14.8. The molecule has 1 N–H and O–H groups in total. The zero-order valence-corrected chi connectivity index (χ0v) is 11.3. The molecule has 3 rings (SSSR count). The average Bonchev–Trinajstić information content (AvgIpc) is 2.88. The summed E-state index contributed by atoms with van der Waals surface area (Å²) in [6, 6.07) is 10.7. The molecule has 3 aromatic rings. The van der Waals surface area contributed by atoms with Crippen molar-refractivity contribution in [2.75, 3.05) is 0 Å². The number of aromatic nitrogens is 1. The van der Waals surface area contributed by atoms with Crippen molar-refractivity contribution in [1.29, 1.82) is 0 Å². The zero-order valence-electron chi connectivity index (χ0n) is 10.5. The van der Waals surface area contributed by atoms with Crippen LogP contribution in [0.25, 0.3) is 10.2 Å². The lowest BCUT2D eigenvalue weighted by molar-refractivity contribution is -0.384. The molecule has 0 aliphatic heterocycles. The van der Waals surface area contributed by atoms with Crippen LogP contribution in [0.1, 0.15) is 0 Å². The Balaban J connectivity index is 1.90. The number of nitrogens with zero attached hydrogens (tertiary/aromatic N) is 4. The van der Waals surface area contributed by atoms with Crippen LogP contribution in [0.4, 0.5) is 16.5 Å². The van der Waals surface area contributed by atoms with Crippen molar-refractivity contribution in [1.82, 2.24) is 4.98 Å². The van der Waals surface area contributed by atoms with Gasteiger partial charge in [0.1, 0.15) is 5.75 Å². The van der Waals surface area contributed by atoms with Crippen LogP contribution in [0, 0.1) is 10.1 Å². The van der Waals surface area contributed by atoms with Gasteiger partial charge in [-0.3, -0.25) is 10.1 Å². The van der Waals surface area contributed by atoms with E-state index in [1.165, 1.54) is 35.6 Å². The van der Waals surface area contributed by atoms with Gasteiger partial charge < -0.3 is 5.11 Å². The first kappa shape index (κ1) is 13.1. The maximum Gasteiger partial charge on any atom is 0.270 e. The second-order valence-corrected chi connectivity index (χ2v) is 5.13. The van der Waals surface area contributed by atoms with E-state index in [0.29, 0.717) is 21.0 Å².